The van der Waals surface area contributed by atoms with Crippen LogP contribution >= 0.6 is 20.0 Å². The van der Waals surface area contributed by atoms with Gasteiger partial charge < -0.3 is 24.2 Å². The summed E-state index contributed by atoms with van der Waals surface area (Å²) >= 11 is 4.91. The molecule has 0 amide bonds. The van der Waals surface area contributed by atoms with E-state index in [1.54, 1.807) is 12.1 Å². The summed E-state index contributed by atoms with van der Waals surface area (Å²) in [5.41, 5.74) is -0.500. The Morgan fingerprint density at radius 1 is 1.53 bits per heavy atom. The average Bonchev–Trinajstić information content (AvgIpc) is 2.97. The van der Waals surface area contributed by atoms with Gasteiger partial charge in [-0.15, -0.1) is 0 Å². The molecule has 0 aliphatic carbocycles. The number of hydrogen-bond donors (Lipinski definition) is 3. The maximum absolute atomic E-state index is 15.9. The number of methoxy groups -OCH3 is 1. The summed E-state index contributed by atoms with van der Waals surface area (Å²) in [5.74, 6) is -4.02. The second-order valence-electron chi connectivity index (χ2n) is 6.87. The molecule has 3 N–H and O–H groups in total. The molecule has 1 aromatic heterocycles. The molecule has 2 aromatic rings. The number of H-pyrrole nitrogens is 1. The van der Waals surface area contributed by atoms with Gasteiger partial charge in [-0.2, -0.15) is 0 Å². The molecule has 0 saturated carbocycles. The van der Waals surface area contributed by atoms with E-state index < -0.39 is 44.3 Å². The van der Waals surface area contributed by atoms with Gasteiger partial charge >= 0.3 is 13.5 Å². The molecular formula is C18H20FN2O9PS. The van der Waals surface area contributed by atoms with E-state index in [0.717, 1.165) is 6.20 Å². The summed E-state index contributed by atoms with van der Waals surface area (Å²) in [7, 11) is -3.60. The first kappa shape index (κ1) is 19.4. The van der Waals surface area contributed by atoms with E-state index in [-0.39, 0.29) is 28.3 Å². The molecule has 11 nitrogen and oxygen atoms in total. The van der Waals surface area contributed by atoms with Crippen molar-refractivity contribution in [2.45, 2.75) is 37.8 Å². The molecule has 14 heteroatoms. The summed E-state index contributed by atoms with van der Waals surface area (Å²) < 4.78 is 78.8. The van der Waals surface area contributed by atoms with Crippen LogP contribution in [0.1, 0.15) is 21.4 Å². The number of aryl methyl sites for hydroxylation is 1. The number of ether oxygens (including phenoxy) is 2. The van der Waals surface area contributed by atoms with Crippen molar-refractivity contribution in [1.29, 1.82) is 0 Å². The van der Waals surface area contributed by atoms with Crippen LogP contribution < -0.4 is 15.0 Å². The molecule has 174 valence electrons. The van der Waals surface area contributed by atoms with Crippen molar-refractivity contribution in [3.8, 4) is 11.5 Å². The van der Waals surface area contributed by atoms with Crippen molar-refractivity contribution in [2.24, 2.45) is 0 Å². The average molecular weight is 493 g/mol. The largest absolute Gasteiger partial charge is 0.530 e. The number of aromatic amines is 1. The van der Waals surface area contributed by atoms with Gasteiger partial charge in [0, 0.05) is 17.3 Å². The van der Waals surface area contributed by atoms with Crippen LogP contribution in [0.2, 0.25) is 0 Å². The molecule has 2 aliphatic heterocycles. The number of phosphoric ester groups is 1. The van der Waals surface area contributed by atoms with Crippen LogP contribution in [0.25, 0.3) is 0 Å². The van der Waals surface area contributed by atoms with E-state index in [1.807, 2.05) is 0 Å². The first-order chi connectivity index (χ1) is 16.2. The molecule has 0 spiro atoms. The Kier molecular flexibility index (Phi) is 5.05. The van der Waals surface area contributed by atoms with Crippen LogP contribution in [0.15, 0.2) is 29.2 Å². The lowest BCUT2D eigenvalue weighted by Crippen LogP contribution is -2.43. The molecule has 1 unspecified atom stereocenters. The molecule has 1 aromatic carbocycles. The van der Waals surface area contributed by atoms with E-state index in [2.05, 4.69) is 4.98 Å². The maximum Gasteiger partial charge on any atom is 0.530 e. The van der Waals surface area contributed by atoms with Gasteiger partial charge in [-0.1, -0.05) is 24.4 Å². The molecule has 5 atom stereocenters. The number of phosphoric acid groups is 1. The van der Waals surface area contributed by atoms with Gasteiger partial charge in [0.25, 0.3) is 5.85 Å². The number of benzene rings is 1. The summed E-state index contributed by atoms with van der Waals surface area (Å²) in [6.45, 7) is -2.78. The third-order valence-electron chi connectivity index (χ3n) is 4.70. The van der Waals surface area contributed by atoms with Gasteiger partial charge in [-0.25, -0.2) is 13.8 Å². The van der Waals surface area contributed by atoms with Gasteiger partial charge in [-0.05, 0) is 13.0 Å². The monoisotopic (exact) mass is 493 g/mol. The topological polar surface area (TPSA) is 141 Å². The minimum absolute atomic E-state index is 0.00605. The van der Waals surface area contributed by atoms with E-state index >= 15 is 4.39 Å². The predicted molar refractivity (Wildman–Crippen MR) is 109 cm³/mol. The van der Waals surface area contributed by atoms with Gasteiger partial charge in [-0.3, -0.25) is 18.6 Å². The molecule has 32 heavy (non-hydrogen) atoms. The minimum Gasteiger partial charge on any atom is -0.493 e. The van der Waals surface area contributed by atoms with E-state index in [4.69, 9.17) is 39.4 Å². The number of rotatable bonds is 5. The second kappa shape index (κ2) is 8.34. The summed E-state index contributed by atoms with van der Waals surface area (Å²) in [4.78, 5) is 14.5. The highest BCUT2D eigenvalue weighted by molar-refractivity contribution is 7.71. The smallest absolute Gasteiger partial charge is 0.493 e. The van der Waals surface area contributed by atoms with Crippen molar-refractivity contribution in [2.75, 3.05) is 13.7 Å². The number of aliphatic hydroxyl groups is 2. The van der Waals surface area contributed by atoms with Gasteiger partial charge in [0.1, 0.15) is 23.4 Å². The molecule has 1 saturated heterocycles. The number of aromatic nitrogens is 2. The van der Waals surface area contributed by atoms with E-state index in [0.29, 0.717) is 10.1 Å². The fourth-order valence-electron chi connectivity index (χ4n) is 3.00. The Labute approximate surface area is 190 Å². The van der Waals surface area contributed by atoms with Crippen LogP contribution in [0.4, 0.5) is 4.39 Å². The second-order valence-corrected chi connectivity index (χ2v) is 8.80. The normalized spacial score (nSPS) is 35.8. The van der Waals surface area contributed by atoms with E-state index in [9.17, 15) is 19.6 Å². The van der Waals surface area contributed by atoms with Crippen LogP contribution in [0, 0.1) is 11.6 Å². The lowest BCUT2D eigenvalue weighted by molar-refractivity contribution is -0.205. The zero-order chi connectivity index (χ0) is 26.0. The summed E-state index contributed by atoms with van der Waals surface area (Å²) in [5, 5.41) is 20.8. The highest BCUT2D eigenvalue weighted by atomic mass is 32.1. The van der Waals surface area contributed by atoms with Crippen molar-refractivity contribution in [3.05, 3.63) is 50.6 Å². The highest BCUT2D eigenvalue weighted by Crippen LogP contribution is 2.57. The number of fused-ring (bicyclic) bond motifs is 1. The number of para-hydroxylation sites is 1. The molecule has 4 rings (SSSR count). The zero-order valence-electron chi connectivity index (χ0n) is 19.6. The first-order valence-corrected chi connectivity index (χ1v) is 10.9. The first-order valence-electron chi connectivity index (χ1n) is 10.6. The Bertz CT molecular complexity index is 1330. The quantitative estimate of drug-likeness (QED) is 0.418. The van der Waals surface area contributed by atoms with Crippen molar-refractivity contribution >= 4 is 20.0 Å². The van der Waals surface area contributed by atoms with Crippen LogP contribution in [0.3, 0.4) is 0 Å². The van der Waals surface area contributed by atoms with Gasteiger partial charge in [0.2, 0.25) is 0 Å². The number of alkyl halides is 1. The molecule has 1 fully saturated rings. The standard InChI is InChI=1S/C18H20FN2O9PS/c1-9-6-21(17(24)20-15(9)32)16-12(22)14(23)18(19,29-16)8-28-31(25)27-7-10-4-3-5-11(26-2)13(10)30-31/h3-6,12,14,16,22-23H,7-8H2,1-2H3,(H,20,24,32)/t12-,14+,16-,18-,31?/m1/s1/i8D2,16D. The van der Waals surface area contributed by atoms with Gasteiger partial charge in [0.05, 0.1) is 17.8 Å². The number of aliphatic hydroxyl groups excluding tert-OH is 2. The van der Waals surface area contributed by atoms with E-state index in [1.165, 1.54) is 20.1 Å². The summed E-state index contributed by atoms with van der Waals surface area (Å²) in [6, 6.07) is 4.60. The molecule has 3 heterocycles. The fourth-order valence-corrected chi connectivity index (χ4v) is 4.25. The number of hydrogen-bond acceptors (Lipinski definition) is 10. The number of nitrogens with zero attached hydrogens (tertiary/aromatic N) is 1. The third-order valence-corrected chi connectivity index (χ3v) is 6.29. The Balaban J connectivity index is 1.69. The lowest BCUT2D eigenvalue weighted by atomic mass is 10.1. The third kappa shape index (κ3) is 4.01. The van der Waals surface area contributed by atoms with Crippen molar-refractivity contribution < 1.29 is 46.3 Å². The van der Waals surface area contributed by atoms with Gasteiger partial charge in [0.15, 0.2) is 17.7 Å². The molecular weight excluding hydrogens is 470 g/mol. The van der Waals surface area contributed by atoms with Crippen molar-refractivity contribution in [1.82, 2.24) is 9.55 Å². The molecule has 0 bridgehead atoms. The predicted octanol–water partition coefficient (Wildman–Crippen LogP) is 1.87. The SMILES string of the molecule is [2H]C([2H])(OP1(=O)OCc2cccc(OC)c2O1)[C@@]1(F)O[C@@]([2H])(n2cc(C)c(=S)[nH]c2=O)[C@H](O)[C@@H]1O. The minimum atomic E-state index is -4.90. The summed E-state index contributed by atoms with van der Waals surface area (Å²) in [6.07, 6.45) is -7.42. The van der Waals surface area contributed by atoms with Crippen LogP contribution in [0.5, 0.6) is 11.5 Å². The lowest BCUT2D eigenvalue weighted by Gasteiger charge is -2.28. The van der Waals surface area contributed by atoms with Crippen molar-refractivity contribution in [3.63, 3.8) is 0 Å². The zero-order valence-corrected chi connectivity index (χ0v) is 18.3. The highest BCUT2D eigenvalue weighted by Gasteiger charge is 2.57. The Hall–Kier alpha value is -2.12. The Morgan fingerprint density at radius 2 is 2.28 bits per heavy atom. The van der Waals surface area contributed by atoms with Crippen LogP contribution in [-0.4, -0.2) is 51.5 Å². The fraction of sp³-hybridized carbons (Fsp3) is 0.444. The van der Waals surface area contributed by atoms with Crippen LogP contribution in [-0.2, 0) is 25.0 Å². The number of halogens is 1. The molecule has 2 aliphatic rings. The molecule has 0 radical (unpaired) electrons. The number of nitrogens with one attached hydrogen (secondary N) is 1. The Morgan fingerprint density at radius 3 is 3.00 bits per heavy atom. The maximum atomic E-state index is 15.9.